The monoisotopic (exact) mass is 218 g/mol. The van der Waals surface area contributed by atoms with E-state index in [-0.39, 0.29) is 24.2 Å². The predicted octanol–water partition coefficient (Wildman–Crippen LogP) is 1.20. The molecule has 0 saturated carbocycles. The molecule has 4 nitrogen and oxygen atoms in total. The second-order valence-electron chi connectivity index (χ2n) is 4.12. The Balaban J connectivity index is 2.23. The van der Waals surface area contributed by atoms with Crippen molar-refractivity contribution in [2.45, 2.75) is 12.3 Å². The van der Waals surface area contributed by atoms with Crippen molar-refractivity contribution in [3.8, 4) is 0 Å². The average molecular weight is 218 g/mol. The molecule has 1 aliphatic rings. The number of nitrogens with zero attached hydrogens (tertiary/aromatic N) is 1. The number of nitrogens with one attached hydrogen (secondary N) is 1. The van der Waals surface area contributed by atoms with Crippen LogP contribution < -0.4 is 5.32 Å². The molecule has 1 heterocycles. The summed E-state index contributed by atoms with van der Waals surface area (Å²) in [6, 6.07) is 7.50. The van der Waals surface area contributed by atoms with Crippen LogP contribution in [0.1, 0.15) is 17.9 Å². The zero-order valence-electron chi connectivity index (χ0n) is 9.36. The smallest absolute Gasteiger partial charge is 0.232 e. The highest BCUT2D eigenvalue weighted by atomic mass is 16.2. The summed E-state index contributed by atoms with van der Waals surface area (Å²) in [6.45, 7) is 0. The lowest BCUT2D eigenvalue weighted by atomic mass is 9.97. The first-order valence-corrected chi connectivity index (χ1v) is 5.19. The van der Waals surface area contributed by atoms with Crippen molar-refractivity contribution in [1.29, 1.82) is 0 Å². The first-order valence-electron chi connectivity index (χ1n) is 5.19. The van der Waals surface area contributed by atoms with Crippen molar-refractivity contribution in [3.05, 3.63) is 29.8 Å². The van der Waals surface area contributed by atoms with Crippen LogP contribution in [0.4, 0.5) is 5.69 Å². The van der Waals surface area contributed by atoms with Gasteiger partial charge in [-0.1, -0.05) is 18.2 Å². The fourth-order valence-electron chi connectivity index (χ4n) is 1.84. The van der Waals surface area contributed by atoms with Gasteiger partial charge in [0.05, 0.1) is 5.92 Å². The minimum Gasteiger partial charge on any atom is -0.349 e. The predicted molar refractivity (Wildman–Crippen MR) is 61.1 cm³/mol. The van der Waals surface area contributed by atoms with Crippen LogP contribution >= 0.6 is 0 Å². The molecular formula is C12H14N2O2. The summed E-state index contributed by atoms with van der Waals surface area (Å²) in [6.07, 6.45) is 0.232. The van der Waals surface area contributed by atoms with Crippen molar-refractivity contribution in [1.82, 2.24) is 4.90 Å². The summed E-state index contributed by atoms with van der Waals surface area (Å²) in [4.78, 5) is 24.8. The van der Waals surface area contributed by atoms with E-state index in [4.69, 9.17) is 0 Å². The Kier molecular flexibility index (Phi) is 2.64. The molecule has 0 saturated heterocycles. The molecule has 16 heavy (non-hydrogen) atoms. The molecule has 2 amide bonds. The van der Waals surface area contributed by atoms with E-state index in [9.17, 15) is 9.59 Å². The number of para-hydroxylation sites is 1. The van der Waals surface area contributed by atoms with Crippen LogP contribution in [-0.4, -0.2) is 30.8 Å². The summed E-state index contributed by atoms with van der Waals surface area (Å²) in [7, 11) is 3.39. The van der Waals surface area contributed by atoms with Crippen LogP contribution in [0.3, 0.4) is 0 Å². The molecule has 2 rings (SSSR count). The zero-order valence-corrected chi connectivity index (χ0v) is 9.36. The molecule has 84 valence electrons. The van der Waals surface area contributed by atoms with Gasteiger partial charge in [0, 0.05) is 26.2 Å². The SMILES string of the molecule is CN(C)C(=O)CC1C(=O)Nc2ccccc21. The highest BCUT2D eigenvalue weighted by molar-refractivity contribution is 6.04. The Bertz CT molecular complexity index is 440. The standard InChI is InChI=1S/C12H14N2O2/c1-14(2)11(15)7-9-8-5-3-4-6-10(8)13-12(9)16/h3-6,9H,7H2,1-2H3,(H,13,16). The molecule has 1 aromatic rings. The molecular weight excluding hydrogens is 204 g/mol. The van der Waals surface area contributed by atoms with Crippen molar-refractivity contribution < 1.29 is 9.59 Å². The Morgan fingerprint density at radius 3 is 2.75 bits per heavy atom. The van der Waals surface area contributed by atoms with Gasteiger partial charge in [-0.2, -0.15) is 0 Å². The summed E-state index contributed by atoms with van der Waals surface area (Å²) < 4.78 is 0. The fraction of sp³-hybridized carbons (Fsp3) is 0.333. The third kappa shape index (κ3) is 1.78. The normalized spacial score (nSPS) is 17.9. The molecule has 1 N–H and O–H groups in total. The maximum absolute atomic E-state index is 11.7. The van der Waals surface area contributed by atoms with Crippen LogP contribution in [0.2, 0.25) is 0 Å². The van der Waals surface area contributed by atoms with Crippen LogP contribution in [0.15, 0.2) is 24.3 Å². The van der Waals surface area contributed by atoms with Crippen molar-refractivity contribution in [3.63, 3.8) is 0 Å². The van der Waals surface area contributed by atoms with E-state index in [2.05, 4.69) is 5.32 Å². The number of fused-ring (bicyclic) bond motifs is 1. The number of carbonyl (C=O) groups excluding carboxylic acids is 2. The minimum absolute atomic E-state index is 0.0307. The molecule has 0 aliphatic carbocycles. The van der Waals surface area contributed by atoms with Crippen molar-refractivity contribution in [2.75, 3.05) is 19.4 Å². The zero-order chi connectivity index (χ0) is 11.7. The second kappa shape index (κ2) is 3.96. The number of anilines is 1. The van der Waals surface area contributed by atoms with Crippen molar-refractivity contribution in [2.24, 2.45) is 0 Å². The third-order valence-corrected chi connectivity index (χ3v) is 2.79. The van der Waals surface area contributed by atoms with E-state index in [1.165, 1.54) is 4.90 Å². The van der Waals surface area contributed by atoms with Gasteiger partial charge in [0.1, 0.15) is 0 Å². The number of carbonyl (C=O) groups is 2. The lowest BCUT2D eigenvalue weighted by Crippen LogP contribution is -2.25. The highest BCUT2D eigenvalue weighted by Crippen LogP contribution is 2.34. The lowest BCUT2D eigenvalue weighted by Gasteiger charge is -2.13. The Hall–Kier alpha value is -1.84. The van der Waals surface area contributed by atoms with Crippen molar-refractivity contribution >= 4 is 17.5 Å². The van der Waals surface area contributed by atoms with Gasteiger partial charge in [-0.05, 0) is 11.6 Å². The Labute approximate surface area is 94.2 Å². The number of rotatable bonds is 2. The van der Waals surface area contributed by atoms with E-state index in [1.807, 2.05) is 24.3 Å². The molecule has 1 unspecified atom stereocenters. The third-order valence-electron chi connectivity index (χ3n) is 2.79. The van der Waals surface area contributed by atoms with E-state index < -0.39 is 0 Å². The fourth-order valence-corrected chi connectivity index (χ4v) is 1.84. The summed E-state index contributed by atoms with van der Waals surface area (Å²) >= 11 is 0. The first kappa shape index (κ1) is 10.7. The molecule has 0 fully saturated rings. The van der Waals surface area contributed by atoms with E-state index in [0.717, 1.165) is 11.3 Å². The molecule has 1 aromatic carbocycles. The van der Waals surface area contributed by atoms with Gasteiger partial charge in [0.2, 0.25) is 11.8 Å². The lowest BCUT2D eigenvalue weighted by molar-refractivity contribution is -0.131. The molecule has 1 atom stereocenters. The number of amides is 2. The second-order valence-corrected chi connectivity index (χ2v) is 4.12. The maximum atomic E-state index is 11.7. The number of hydrogen-bond acceptors (Lipinski definition) is 2. The number of hydrogen-bond donors (Lipinski definition) is 1. The quantitative estimate of drug-likeness (QED) is 0.810. The van der Waals surface area contributed by atoms with Gasteiger partial charge in [0.25, 0.3) is 0 Å². The summed E-state index contributed by atoms with van der Waals surface area (Å²) in [5, 5.41) is 2.78. The molecule has 0 spiro atoms. The average Bonchev–Trinajstić information content (AvgIpc) is 2.55. The molecule has 4 heteroatoms. The minimum atomic E-state index is -0.342. The van der Waals surface area contributed by atoms with Crippen LogP contribution in [0.5, 0.6) is 0 Å². The van der Waals surface area contributed by atoms with E-state index >= 15 is 0 Å². The Morgan fingerprint density at radius 1 is 1.38 bits per heavy atom. The molecule has 1 aliphatic heterocycles. The summed E-state index contributed by atoms with van der Waals surface area (Å²) in [5.74, 6) is -0.459. The van der Waals surface area contributed by atoms with E-state index in [0.29, 0.717) is 0 Å². The largest absolute Gasteiger partial charge is 0.349 e. The van der Waals surface area contributed by atoms with Crippen LogP contribution in [0, 0.1) is 0 Å². The maximum Gasteiger partial charge on any atom is 0.232 e. The summed E-state index contributed by atoms with van der Waals surface area (Å²) in [5.41, 5.74) is 1.74. The topological polar surface area (TPSA) is 49.4 Å². The first-order chi connectivity index (χ1) is 7.59. The van der Waals surface area contributed by atoms with Gasteiger partial charge in [-0.25, -0.2) is 0 Å². The molecule has 0 bridgehead atoms. The van der Waals surface area contributed by atoms with Gasteiger partial charge in [-0.15, -0.1) is 0 Å². The highest BCUT2D eigenvalue weighted by Gasteiger charge is 2.32. The van der Waals surface area contributed by atoms with Crippen LogP contribution in [-0.2, 0) is 9.59 Å². The molecule has 0 aromatic heterocycles. The van der Waals surface area contributed by atoms with Gasteiger partial charge < -0.3 is 10.2 Å². The van der Waals surface area contributed by atoms with Gasteiger partial charge in [0.15, 0.2) is 0 Å². The molecule has 0 radical (unpaired) electrons. The number of benzene rings is 1. The van der Waals surface area contributed by atoms with E-state index in [1.54, 1.807) is 14.1 Å². The van der Waals surface area contributed by atoms with Crippen LogP contribution in [0.25, 0.3) is 0 Å². The van der Waals surface area contributed by atoms with Gasteiger partial charge in [-0.3, -0.25) is 9.59 Å². The Morgan fingerprint density at radius 2 is 2.06 bits per heavy atom. The van der Waals surface area contributed by atoms with Gasteiger partial charge >= 0.3 is 0 Å².